The van der Waals surface area contributed by atoms with Crippen LogP contribution < -0.4 is 10.5 Å². The third-order valence-corrected chi connectivity index (χ3v) is 5.40. The molecule has 23 heavy (non-hydrogen) atoms. The number of hydrogen-bond donors (Lipinski definition) is 2. The molecule has 0 spiro atoms. The molecular weight excluding hydrogens is 361 g/mol. The average Bonchev–Trinajstić information content (AvgIpc) is 2.46. The minimum Gasteiger partial charge on any atom is -0.340 e. The van der Waals surface area contributed by atoms with Crippen LogP contribution in [0.1, 0.15) is 19.8 Å². The van der Waals surface area contributed by atoms with Gasteiger partial charge in [0.2, 0.25) is 15.9 Å². The van der Waals surface area contributed by atoms with Gasteiger partial charge in [-0.1, -0.05) is 11.6 Å². The van der Waals surface area contributed by atoms with Crippen LogP contribution in [-0.4, -0.2) is 44.4 Å². The zero-order valence-electron chi connectivity index (χ0n) is 12.7. The van der Waals surface area contributed by atoms with Gasteiger partial charge in [-0.25, -0.2) is 8.42 Å². The summed E-state index contributed by atoms with van der Waals surface area (Å²) in [6.07, 6.45) is 1.72. The van der Waals surface area contributed by atoms with Crippen molar-refractivity contribution in [3.8, 4) is 0 Å². The van der Waals surface area contributed by atoms with Crippen LogP contribution in [-0.2, 0) is 14.8 Å². The van der Waals surface area contributed by atoms with Gasteiger partial charge < -0.3 is 10.6 Å². The van der Waals surface area contributed by atoms with Crippen molar-refractivity contribution < 1.29 is 13.2 Å². The van der Waals surface area contributed by atoms with Gasteiger partial charge in [0.15, 0.2) is 0 Å². The van der Waals surface area contributed by atoms with Gasteiger partial charge in [-0.05, 0) is 44.0 Å². The summed E-state index contributed by atoms with van der Waals surface area (Å²) >= 11 is 5.75. The van der Waals surface area contributed by atoms with E-state index in [2.05, 4.69) is 4.72 Å². The van der Waals surface area contributed by atoms with Gasteiger partial charge in [0.25, 0.3) is 0 Å². The summed E-state index contributed by atoms with van der Waals surface area (Å²) in [6, 6.07) is 4.90. The number of rotatable bonds is 4. The fourth-order valence-corrected chi connectivity index (χ4v) is 3.77. The van der Waals surface area contributed by atoms with Gasteiger partial charge in [-0.15, -0.1) is 12.4 Å². The lowest BCUT2D eigenvalue weighted by atomic mass is 10.1. The fraction of sp³-hybridized carbons (Fsp3) is 0.500. The first-order valence-corrected chi connectivity index (χ1v) is 8.98. The van der Waals surface area contributed by atoms with E-state index >= 15 is 0 Å². The maximum atomic E-state index is 12.3. The maximum absolute atomic E-state index is 12.3. The second kappa shape index (κ2) is 8.30. The Morgan fingerprint density at radius 2 is 2.00 bits per heavy atom. The number of benzene rings is 1. The van der Waals surface area contributed by atoms with Crippen molar-refractivity contribution in [2.75, 3.05) is 13.1 Å². The number of nitrogens with two attached hydrogens (primary N) is 1. The van der Waals surface area contributed by atoms with E-state index in [1.54, 1.807) is 4.90 Å². The number of piperidine rings is 1. The molecule has 1 aliphatic rings. The minimum absolute atomic E-state index is 0. The van der Waals surface area contributed by atoms with Crippen LogP contribution in [0.25, 0.3) is 0 Å². The van der Waals surface area contributed by atoms with Crippen molar-refractivity contribution in [3.63, 3.8) is 0 Å². The van der Waals surface area contributed by atoms with Crippen LogP contribution in [0.4, 0.5) is 0 Å². The van der Waals surface area contributed by atoms with E-state index in [1.165, 1.54) is 31.2 Å². The van der Waals surface area contributed by atoms with Crippen molar-refractivity contribution in [3.05, 3.63) is 29.3 Å². The molecular formula is C14H21Cl2N3O3S. The van der Waals surface area contributed by atoms with E-state index in [9.17, 15) is 13.2 Å². The third-order valence-electron chi connectivity index (χ3n) is 3.60. The van der Waals surface area contributed by atoms with E-state index < -0.39 is 16.1 Å². The Balaban J connectivity index is 0.00000264. The van der Waals surface area contributed by atoms with Crippen LogP contribution in [0.5, 0.6) is 0 Å². The van der Waals surface area contributed by atoms with Gasteiger partial charge in [-0.3, -0.25) is 4.79 Å². The van der Waals surface area contributed by atoms with E-state index in [0.717, 1.165) is 12.8 Å². The quantitative estimate of drug-likeness (QED) is 0.823. The van der Waals surface area contributed by atoms with Crippen LogP contribution in [0.15, 0.2) is 29.2 Å². The van der Waals surface area contributed by atoms with Gasteiger partial charge in [0, 0.05) is 24.2 Å². The molecule has 2 rings (SSSR count). The van der Waals surface area contributed by atoms with Crippen LogP contribution in [0, 0.1) is 0 Å². The molecule has 1 aromatic rings. The monoisotopic (exact) mass is 381 g/mol. The highest BCUT2D eigenvalue weighted by atomic mass is 35.5. The van der Waals surface area contributed by atoms with Crippen LogP contribution in [0.3, 0.4) is 0 Å². The van der Waals surface area contributed by atoms with Gasteiger partial charge >= 0.3 is 0 Å². The SMILES string of the molecule is CC(NS(=O)(=O)c1ccc(Cl)cc1)C(=O)N1CCCC(N)C1.Cl. The summed E-state index contributed by atoms with van der Waals surface area (Å²) < 4.78 is 26.9. The molecule has 130 valence electrons. The van der Waals surface area contributed by atoms with Crippen molar-refractivity contribution in [2.45, 2.75) is 36.7 Å². The number of amides is 1. The Bertz CT molecular complexity index is 637. The molecule has 0 bridgehead atoms. The second-order valence-electron chi connectivity index (χ2n) is 5.48. The van der Waals surface area contributed by atoms with Crippen molar-refractivity contribution >= 4 is 39.9 Å². The molecule has 2 atom stereocenters. The maximum Gasteiger partial charge on any atom is 0.241 e. The zero-order valence-corrected chi connectivity index (χ0v) is 15.1. The predicted octanol–water partition coefficient (Wildman–Crippen LogP) is 1.38. The zero-order chi connectivity index (χ0) is 16.3. The predicted molar refractivity (Wildman–Crippen MR) is 92.3 cm³/mol. The molecule has 1 aromatic carbocycles. The highest BCUT2D eigenvalue weighted by Crippen LogP contribution is 2.15. The number of carbonyl (C=O) groups excluding carboxylic acids is 1. The van der Waals surface area contributed by atoms with Crippen molar-refractivity contribution in [2.24, 2.45) is 5.73 Å². The molecule has 1 amide bonds. The molecule has 1 heterocycles. The first-order chi connectivity index (χ1) is 10.3. The lowest BCUT2D eigenvalue weighted by molar-refractivity contribution is -0.133. The number of nitrogens with one attached hydrogen (secondary N) is 1. The van der Waals surface area contributed by atoms with Gasteiger partial charge in [0.1, 0.15) is 0 Å². The minimum atomic E-state index is -3.76. The fourth-order valence-electron chi connectivity index (χ4n) is 2.45. The molecule has 0 aliphatic carbocycles. The van der Waals surface area contributed by atoms with E-state index in [-0.39, 0.29) is 29.3 Å². The highest BCUT2D eigenvalue weighted by Gasteiger charge is 2.28. The highest BCUT2D eigenvalue weighted by molar-refractivity contribution is 7.89. The third kappa shape index (κ3) is 5.32. The standard InChI is InChI=1S/C14H20ClN3O3S.ClH/c1-10(14(19)18-8-2-3-12(16)9-18)17-22(20,21)13-6-4-11(15)5-7-13;/h4-7,10,12,17H,2-3,8-9,16H2,1H3;1H. The van der Waals surface area contributed by atoms with Crippen LogP contribution >= 0.6 is 24.0 Å². The molecule has 2 unspecified atom stereocenters. The molecule has 1 saturated heterocycles. The lowest BCUT2D eigenvalue weighted by Gasteiger charge is -2.32. The van der Waals surface area contributed by atoms with E-state index in [4.69, 9.17) is 17.3 Å². The topological polar surface area (TPSA) is 92.5 Å². The van der Waals surface area contributed by atoms with Crippen LogP contribution in [0.2, 0.25) is 5.02 Å². The summed E-state index contributed by atoms with van der Waals surface area (Å²) in [5.41, 5.74) is 5.85. The first kappa shape index (κ1) is 20.2. The molecule has 0 aromatic heterocycles. The molecule has 6 nitrogen and oxygen atoms in total. The molecule has 0 radical (unpaired) electrons. The lowest BCUT2D eigenvalue weighted by Crippen LogP contribution is -2.52. The summed E-state index contributed by atoms with van der Waals surface area (Å²) in [5.74, 6) is -0.257. The molecule has 1 aliphatic heterocycles. The smallest absolute Gasteiger partial charge is 0.241 e. The van der Waals surface area contributed by atoms with Gasteiger partial charge in [-0.2, -0.15) is 4.72 Å². The van der Waals surface area contributed by atoms with E-state index in [1.807, 2.05) is 0 Å². The Morgan fingerprint density at radius 1 is 1.39 bits per heavy atom. The Morgan fingerprint density at radius 3 is 2.57 bits per heavy atom. The summed E-state index contributed by atoms with van der Waals surface area (Å²) in [7, 11) is -3.76. The normalized spacial score (nSPS) is 19.8. The largest absolute Gasteiger partial charge is 0.340 e. The summed E-state index contributed by atoms with van der Waals surface area (Å²) in [5, 5.41) is 0.449. The van der Waals surface area contributed by atoms with E-state index in [0.29, 0.717) is 18.1 Å². The number of halogens is 2. The number of nitrogens with zero attached hydrogens (tertiary/aromatic N) is 1. The van der Waals surface area contributed by atoms with Crippen molar-refractivity contribution in [1.29, 1.82) is 0 Å². The molecule has 1 fully saturated rings. The molecule has 0 saturated carbocycles. The number of carbonyl (C=O) groups is 1. The Labute approximate surface area is 147 Å². The number of likely N-dealkylation sites (tertiary alicyclic amines) is 1. The average molecular weight is 382 g/mol. The van der Waals surface area contributed by atoms with Gasteiger partial charge in [0.05, 0.1) is 10.9 Å². The molecule has 3 N–H and O–H groups in total. The number of hydrogen-bond acceptors (Lipinski definition) is 4. The summed E-state index contributed by atoms with van der Waals surface area (Å²) in [6.45, 7) is 2.61. The Kier molecular flexibility index (Phi) is 7.29. The number of sulfonamides is 1. The Hall–Kier alpha value is -0.860. The van der Waals surface area contributed by atoms with Crippen molar-refractivity contribution in [1.82, 2.24) is 9.62 Å². The summed E-state index contributed by atoms with van der Waals surface area (Å²) in [4.78, 5) is 14.0. The second-order valence-corrected chi connectivity index (χ2v) is 7.63. The first-order valence-electron chi connectivity index (χ1n) is 7.12. The molecule has 9 heteroatoms.